The van der Waals surface area contributed by atoms with Gasteiger partial charge in [0.25, 0.3) is 0 Å². The van der Waals surface area contributed by atoms with E-state index in [1.165, 1.54) is 24.0 Å². The molecule has 1 aromatic heterocycles. The summed E-state index contributed by atoms with van der Waals surface area (Å²) < 4.78 is 0. The van der Waals surface area contributed by atoms with Crippen molar-refractivity contribution >= 4 is 23.4 Å². The average molecular weight is 260 g/mol. The summed E-state index contributed by atoms with van der Waals surface area (Å²) in [7, 11) is 0. The fourth-order valence-corrected chi connectivity index (χ4v) is 2.41. The van der Waals surface area contributed by atoms with E-state index in [1.807, 2.05) is 31.2 Å². The molecule has 0 aliphatic rings. The Bertz CT molecular complexity index is 599. The molecule has 3 N–H and O–H groups in total. The van der Waals surface area contributed by atoms with E-state index in [4.69, 9.17) is 10.8 Å². The number of nitrogen functional groups attached to an aromatic ring is 1. The molecule has 0 saturated heterocycles. The largest absolute Gasteiger partial charge is 0.478 e. The Morgan fingerprint density at radius 1 is 1.33 bits per heavy atom. The van der Waals surface area contributed by atoms with Gasteiger partial charge < -0.3 is 10.8 Å². The Morgan fingerprint density at radius 3 is 2.72 bits per heavy atom. The molecular weight excluding hydrogens is 248 g/mol. The summed E-state index contributed by atoms with van der Waals surface area (Å²) in [4.78, 5) is 16.1. The van der Waals surface area contributed by atoms with Gasteiger partial charge in [0.05, 0.1) is 11.3 Å². The highest BCUT2D eigenvalue weighted by molar-refractivity contribution is 7.99. The van der Waals surface area contributed by atoms with Crippen LogP contribution in [0, 0.1) is 6.92 Å². The monoisotopic (exact) mass is 260 g/mol. The van der Waals surface area contributed by atoms with Crippen molar-refractivity contribution in [2.24, 2.45) is 0 Å². The van der Waals surface area contributed by atoms with Gasteiger partial charge in [-0.1, -0.05) is 30.0 Å². The molecule has 1 heterocycles. The quantitative estimate of drug-likeness (QED) is 0.887. The van der Waals surface area contributed by atoms with Crippen molar-refractivity contribution < 1.29 is 9.90 Å². The number of rotatable bonds is 3. The normalized spacial score (nSPS) is 10.3. The average Bonchev–Trinajstić information content (AvgIpc) is 2.34. The van der Waals surface area contributed by atoms with Crippen LogP contribution >= 0.6 is 11.8 Å². The number of carbonyl (C=O) groups is 1. The molecule has 5 heteroatoms. The molecule has 0 bridgehead atoms. The van der Waals surface area contributed by atoms with Crippen LogP contribution in [0.3, 0.4) is 0 Å². The first-order valence-electron chi connectivity index (χ1n) is 5.31. The summed E-state index contributed by atoms with van der Waals surface area (Å²) in [5.41, 5.74) is 7.21. The van der Waals surface area contributed by atoms with Crippen LogP contribution in [0.4, 0.5) is 5.69 Å². The minimum absolute atomic E-state index is 0.0843. The van der Waals surface area contributed by atoms with E-state index in [0.29, 0.717) is 5.03 Å². The van der Waals surface area contributed by atoms with E-state index < -0.39 is 5.97 Å². The van der Waals surface area contributed by atoms with Crippen LogP contribution in [0.1, 0.15) is 15.9 Å². The van der Waals surface area contributed by atoms with Gasteiger partial charge in [-0.25, -0.2) is 9.78 Å². The van der Waals surface area contributed by atoms with Crippen LogP contribution < -0.4 is 5.73 Å². The van der Waals surface area contributed by atoms with Crippen LogP contribution in [0.5, 0.6) is 0 Å². The molecule has 4 nitrogen and oxygen atoms in total. The molecule has 0 aliphatic carbocycles. The molecule has 0 spiro atoms. The predicted octanol–water partition coefficient (Wildman–Crippen LogP) is 2.82. The van der Waals surface area contributed by atoms with Crippen molar-refractivity contribution in [3.05, 3.63) is 47.7 Å². The number of hydrogen-bond acceptors (Lipinski definition) is 4. The van der Waals surface area contributed by atoms with E-state index in [9.17, 15) is 4.79 Å². The van der Waals surface area contributed by atoms with E-state index in [2.05, 4.69) is 4.98 Å². The van der Waals surface area contributed by atoms with Crippen LogP contribution in [0.2, 0.25) is 0 Å². The number of anilines is 1. The zero-order valence-electron chi connectivity index (χ0n) is 9.75. The highest BCUT2D eigenvalue weighted by Crippen LogP contribution is 2.33. The molecular formula is C13H12N2O2S. The molecule has 2 aromatic rings. The van der Waals surface area contributed by atoms with Gasteiger partial charge in [-0.15, -0.1) is 0 Å². The Balaban J connectivity index is 2.39. The Hall–Kier alpha value is -2.01. The van der Waals surface area contributed by atoms with Crippen molar-refractivity contribution in [3.8, 4) is 0 Å². The minimum Gasteiger partial charge on any atom is -0.478 e. The SMILES string of the molecule is Cc1ccccc1Sc1nccc(C(=O)O)c1N. The lowest BCUT2D eigenvalue weighted by Crippen LogP contribution is -2.04. The maximum absolute atomic E-state index is 11.0. The summed E-state index contributed by atoms with van der Waals surface area (Å²) >= 11 is 1.37. The molecule has 0 aliphatic heterocycles. The molecule has 1 aromatic carbocycles. The number of nitrogens with zero attached hydrogens (tertiary/aromatic N) is 1. The van der Waals surface area contributed by atoms with Crippen LogP contribution in [0.15, 0.2) is 46.5 Å². The lowest BCUT2D eigenvalue weighted by molar-refractivity contribution is 0.0697. The number of carboxylic acids is 1. The second kappa shape index (κ2) is 5.10. The van der Waals surface area contributed by atoms with Crippen molar-refractivity contribution in [3.63, 3.8) is 0 Å². The zero-order valence-corrected chi connectivity index (χ0v) is 10.6. The van der Waals surface area contributed by atoms with Gasteiger partial charge in [-0.05, 0) is 24.6 Å². The predicted molar refractivity (Wildman–Crippen MR) is 70.9 cm³/mol. The van der Waals surface area contributed by atoms with Gasteiger partial charge in [-0.2, -0.15) is 0 Å². The summed E-state index contributed by atoms with van der Waals surface area (Å²) in [5, 5.41) is 9.51. The number of pyridine rings is 1. The summed E-state index contributed by atoms with van der Waals surface area (Å²) in [6.45, 7) is 1.99. The van der Waals surface area contributed by atoms with Gasteiger partial charge in [0, 0.05) is 11.1 Å². The lowest BCUT2D eigenvalue weighted by atomic mass is 10.2. The smallest absolute Gasteiger partial charge is 0.337 e. The first-order valence-corrected chi connectivity index (χ1v) is 6.12. The third kappa shape index (κ3) is 2.46. The van der Waals surface area contributed by atoms with Gasteiger partial charge >= 0.3 is 5.97 Å². The maximum Gasteiger partial charge on any atom is 0.337 e. The first-order chi connectivity index (χ1) is 8.59. The topological polar surface area (TPSA) is 76.2 Å². The molecule has 2 rings (SSSR count). The summed E-state index contributed by atoms with van der Waals surface area (Å²) in [5.74, 6) is -1.04. The third-order valence-corrected chi connectivity index (χ3v) is 3.68. The standard InChI is InChI=1S/C13H12N2O2S/c1-8-4-2-3-5-10(8)18-12-11(14)9(13(16)17)6-7-15-12/h2-7H,14H2,1H3,(H,16,17). The molecule has 0 atom stereocenters. The van der Waals surface area contributed by atoms with Crippen LogP contribution in [0.25, 0.3) is 0 Å². The number of aryl methyl sites for hydroxylation is 1. The highest BCUT2D eigenvalue weighted by Gasteiger charge is 2.13. The number of aromatic nitrogens is 1. The fraction of sp³-hybridized carbons (Fsp3) is 0.0769. The zero-order chi connectivity index (χ0) is 13.1. The lowest BCUT2D eigenvalue weighted by Gasteiger charge is -2.08. The van der Waals surface area contributed by atoms with Gasteiger partial charge in [0.2, 0.25) is 0 Å². The maximum atomic E-state index is 11.0. The minimum atomic E-state index is -1.04. The Kier molecular flexibility index (Phi) is 3.53. The summed E-state index contributed by atoms with van der Waals surface area (Å²) in [6.07, 6.45) is 1.46. The van der Waals surface area contributed by atoms with E-state index in [-0.39, 0.29) is 11.3 Å². The van der Waals surface area contributed by atoms with Crippen molar-refractivity contribution in [2.75, 3.05) is 5.73 Å². The number of carboxylic acid groups (broad SMARTS) is 1. The molecule has 0 fully saturated rings. The second-order valence-corrected chi connectivity index (χ2v) is 4.78. The molecule has 0 unspecified atom stereocenters. The van der Waals surface area contributed by atoms with E-state index >= 15 is 0 Å². The molecule has 0 amide bonds. The van der Waals surface area contributed by atoms with Crippen molar-refractivity contribution in [1.82, 2.24) is 4.98 Å². The van der Waals surface area contributed by atoms with Crippen molar-refractivity contribution in [2.45, 2.75) is 16.8 Å². The van der Waals surface area contributed by atoms with E-state index in [0.717, 1.165) is 10.5 Å². The summed E-state index contributed by atoms with van der Waals surface area (Å²) in [6, 6.07) is 9.21. The van der Waals surface area contributed by atoms with E-state index in [1.54, 1.807) is 0 Å². The third-order valence-electron chi connectivity index (χ3n) is 2.48. The molecule has 0 saturated carbocycles. The highest BCUT2D eigenvalue weighted by atomic mass is 32.2. The van der Waals surface area contributed by atoms with Gasteiger partial charge in [0.15, 0.2) is 0 Å². The van der Waals surface area contributed by atoms with Gasteiger partial charge in [0.1, 0.15) is 5.03 Å². The van der Waals surface area contributed by atoms with Crippen LogP contribution in [-0.4, -0.2) is 16.1 Å². The number of nitrogens with two attached hydrogens (primary N) is 1. The Morgan fingerprint density at radius 2 is 2.06 bits per heavy atom. The van der Waals surface area contributed by atoms with Crippen molar-refractivity contribution in [1.29, 1.82) is 0 Å². The second-order valence-electron chi connectivity index (χ2n) is 3.75. The first kappa shape index (κ1) is 12.4. The fourth-order valence-electron chi connectivity index (χ4n) is 1.50. The molecule has 0 radical (unpaired) electrons. The number of aromatic carboxylic acids is 1. The molecule has 92 valence electrons. The van der Waals surface area contributed by atoms with Crippen LogP contribution in [-0.2, 0) is 0 Å². The number of hydrogen-bond donors (Lipinski definition) is 2. The molecule has 18 heavy (non-hydrogen) atoms. The number of benzene rings is 1. The van der Waals surface area contributed by atoms with Gasteiger partial charge in [-0.3, -0.25) is 0 Å². The Labute approximate surface area is 109 Å².